The van der Waals surface area contributed by atoms with Gasteiger partial charge in [0.1, 0.15) is 0 Å². The molecule has 0 heterocycles. The highest BCUT2D eigenvalue weighted by atomic mass is 15.0. The summed E-state index contributed by atoms with van der Waals surface area (Å²) in [6.45, 7) is 4.54. The van der Waals surface area contributed by atoms with Gasteiger partial charge in [-0.25, -0.2) is 0 Å². The second-order valence-corrected chi connectivity index (χ2v) is 7.19. The molecule has 116 valence electrons. The minimum Gasteiger partial charge on any atom is -0.380 e. The highest BCUT2D eigenvalue weighted by molar-refractivity contribution is 5.47. The summed E-state index contributed by atoms with van der Waals surface area (Å²) >= 11 is 0. The number of aryl methyl sites for hydroxylation is 1. The molecule has 22 heavy (non-hydrogen) atoms. The van der Waals surface area contributed by atoms with Crippen LogP contribution in [0.5, 0.6) is 0 Å². The van der Waals surface area contributed by atoms with E-state index in [9.17, 15) is 0 Å². The fourth-order valence-corrected chi connectivity index (χ4v) is 3.66. The molecule has 1 saturated carbocycles. The van der Waals surface area contributed by atoms with E-state index < -0.39 is 0 Å². The molecule has 0 saturated heterocycles. The van der Waals surface area contributed by atoms with E-state index in [0.29, 0.717) is 0 Å². The lowest BCUT2D eigenvalue weighted by atomic mass is 9.75. The van der Waals surface area contributed by atoms with Crippen LogP contribution in [-0.2, 0) is 6.42 Å². The molecule has 0 atom stereocenters. The van der Waals surface area contributed by atoms with Crippen molar-refractivity contribution in [3.8, 4) is 0 Å². The zero-order valence-corrected chi connectivity index (χ0v) is 13.8. The fraction of sp³-hybridized carbons (Fsp3) is 0.429. The van der Waals surface area contributed by atoms with E-state index in [-0.39, 0.29) is 5.54 Å². The van der Waals surface area contributed by atoms with Crippen LogP contribution in [-0.4, -0.2) is 5.54 Å². The maximum Gasteiger partial charge on any atom is 0.0346 e. The van der Waals surface area contributed by atoms with Crippen LogP contribution in [0, 0.1) is 12.8 Å². The maximum absolute atomic E-state index is 3.78. The van der Waals surface area contributed by atoms with Gasteiger partial charge in [0.05, 0.1) is 0 Å². The quantitative estimate of drug-likeness (QED) is 0.774. The lowest BCUT2D eigenvalue weighted by molar-refractivity contribution is 0.268. The van der Waals surface area contributed by atoms with Gasteiger partial charge in [-0.1, -0.05) is 42.5 Å². The Labute approximate surface area is 134 Å². The topological polar surface area (TPSA) is 12.0 Å². The molecule has 3 rings (SSSR count). The first kappa shape index (κ1) is 15.1. The van der Waals surface area contributed by atoms with Crippen LogP contribution in [0.25, 0.3) is 0 Å². The van der Waals surface area contributed by atoms with Crippen LogP contribution < -0.4 is 5.32 Å². The Kier molecular flexibility index (Phi) is 4.52. The second-order valence-electron chi connectivity index (χ2n) is 7.19. The molecule has 1 heteroatoms. The zero-order valence-electron chi connectivity index (χ0n) is 13.8. The Hall–Kier alpha value is -1.76. The van der Waals surface area contributed by atoms with Crippen molar-refractivity contribution in [1.82, 2.24) is 0 Å². The van der Waals surface area contributed by atoms with Gasteiger partial charge < -0.3 is 5.32 Å². The summed E-state index contributed by atoms with van der Waals surface area (Å²) in [5.74, 6) is 0.842. The lowest BCUT2D eigenvalue weighted by Gasteiger charge is -2.39. The van der Waals surface area contributed by atoms with E-state index in [1.807, 2.05) is 0 Å². The van der Waals surface area contributed by atoms with Gasteiger partial charge in [0.15, 0.2) is 0 Å². The number of hydrogen-bond acceptors (Lipinski definition) is 1. The van der Waals surface area contributed by atoms with Crippen molar-refractivity contribution in [3.63, 3.8) is 0 Å². The number of benzene rings is 2. The third kappa shape index (κ3) is 3.91. The predicted molar refractivity (Wildman–Crippen MR) is 95.3 cm³/mol. The summed E-state index contributed by atoms with van der Waals surface area (Å²) in [7, 11) is 0. The highest BCUT2D eigenvalue weighted by Gasteiger charge is 2.30. The molecule has 1 nitrogen and oxygen atoms in total. The van der Waals surface area contributed by atoms with Crippen molar-refractivity contribution in [2.45, 2.75) is 51.5 Å². The predicted octanol–water partition coefficient (Wildman–Crippen LogP) is 5.60. The first-order chi connectivity index (χ1) is 10.6. The van der Waals surface area contributed by atoms with E-state index in [2.05, 4.69) is 73.8 Å². The van der Waals surface area contributed by atoms with Gasteiger partial charge in [-0.05, 0) is 75.1 Å². The first-order valence-corrected chi connectivity index (χ1v) is 8.52. The Morgan fingerprint density at radius 3 is 2.41 bits per heavy atom. The fourth-order valence-electron chi connectivity index (χ4n) is 3.66. The summed E-state index contributed by atoms with van der Waals surface area (Å²) in [6, 6.07) is 19.7. The highest BCUT2D eigenvalue weighted by Crippen LogP contribution is 2.36. The van der Waals surface area contributed by atoms with Gasteiger partial charge in [0.25, 0.3) is 0 Å². The van der Waals surface area contributed by atoms with Gasteiger partial charge in [-0.3, -0.25) is 0 Å². The van der Waals surface area contributed by atoms with Crippen molar-refractivity contribution in [2.75, 3.05) is 5.32 Å². The standard InChI is InChI=1S/C21H27N/c1-17-7-6-10-20(15-17)22-21(2)13-11-19(12-14-21)16-18-8-4-3-5-9-18/h3-10,15,19,22H,11-14,16H2,1-2H3. The van der Waals surface area contributed by atoms with Crippen molar-refractivity contribution in [3.05, 3.63) is 65.7 Å². The van der Waals surface area contributed by atoms with Gasteiger partial charge in [-0.2, -0.15) is 0 Å². The molecule has 1 N–H and O–H groups in total. The molecule has 1 fully saturated rings. The number of anilines is 1. The van der Waals surface area contributed by atoms with Crippen molar-refractivity contribution in [1.29, 1.82) is 0 Å². The lowest BCUT2D eigenvalue weighted by Crippen LogP contribution is -2.39. The van der Waals surface area contributed by atoms with E-state index in [1.54, 1.807) is 0 Å². The Morgan fingerprint density at radius 1 is 1.00 bits per heavy atom. The molecule has 0 aromatic heterocycles. The third-order valence-electron chi connectivity index (χ3n) is 5.04. The van der Waals surface area contributed by atoms with Crippen LogP contribution in [0.1, 0.15) is 43.7 Å². The number of hydrogen-bond donors (Lipinski definition) is 1. The van der Waals surface area contributed by atoms with E-state index in [0.717, 1.165) is 5.92 Å². The minimum atomic E-state index is 0.251. The minimum absolute atomic E-state index is 0.251. The first-order valence-electron chi connectivity index (χ1n) is 8.52. The third-order valence-corrected chi connectivity index (χ3v) is 5.04. The summed E-state index contributed by atoms with van der Waals surface area (Å²) in [4.78, 5) is 0. The molecule has 0 amide bonds. The molecule has 0 unspecified atom stereocenters. The van der Waals surface area contributed by atoms with Gasteiger partial charge >= 0.3 is 0 Å². The summed E-state index contributed by atoms with van der Waals surface area (Å²) in [6.07, 6.45) is 6.41. The van der Waals surface area contributed by atoms with Gasteiger partial charge in [0.2, 0.25) is 0 Å². The molecule has 1 aliphatic rings. The van der Waals surface area contributed by atoms with Crippen molar-refractivity contribution >= 4 is 5.69 Å². The van der Waals surface area contributed by atoms with Crippen LogP contribution in [0.3, 0.4) is 0 Å². The average molecular weight is 293 g/mol. The van der Waals surface area contributed by atoms with E-state index >= 15 is 0 Å². The normalized spacial score (nSPS) is 24.9. The van der Waals surface area contributed by atoms with Gasteiger partial charge in [-0.15, -0.1) is 0 Å². The Bertz CT molecular complexity index is 594. The van der Waals surface area contributed by atoms with E-state index in [1.165, 1.54) is 48.9 Å². The van der Waals surface area contributed by atoms with Crippen LogP contribution in [0.4, 0.5) is 5.69 Å². The molecule has 0 bridgehead atoms. The Balaban J connectivity index is 1.56. The largest absolute Gasteiger partial charge is 0.380 e. The van der Waals surface area contributed by atoms with Crippen molar-refractivity contribution < 1.29 is 0 Å². The van der Waals surface area contributed by atoms with E-state index in [4.69, 9.17) is 0 Å². The smallest absolute Gasteiger partial charge is 0.0346 e. The Morgan fingerprint density at radius 2 is 1.73 bits per heavy atom. The average Bonchev–Trinajstić information content (AvgIpc) is 2.51. The molecule has 2 aromatic carbocycles. The molecule has 0 aliphatic heterocycles. The molecular formula is C21H27N. The van der Waals surface area contributed by atoms with Gasteiger partial charge in [0, 0.05) is 11.2 Å². The number of rotatable bonds is 4. The molecular weight excluding hydrogens is 266 g/mol. The van der Waals surface area contributed by atoms with Crippen LogP contribution in [0.2, 0.25) is 0 Å². The number of nitrogens with one attached hydrogen (secondary N) is 1. The zero-order chi connectivity index (χ0) is 15.4. The molecule has 2 aromatic rings. The summed E-state index contributed by atoms with van der Waals surface area (Å²) < 4.78 is 0. The van der Waals surface area contributed by atoms with Crippen LogP contribution in [0.15, 0.2) is 54.6 Å². The maximum atomic E-state index is 3.78. The molecule has 0 radical (unpaired) electrons. The monoisotopic (exact) mass is 293 g/mol. The molecule has 1 aliphatic carbocycles. The SMILES string of the molecule is Cc1cccc(NC2(C)CCC(Cc3ccccc3)CC2)c1. The van der Waals surface area contributed by atoms with Crippen LogP contribution >= 0.6 is 0 Å². The summed E-state index contributed by atoms with van der Waals surface area (Å²) in [5, 5.41) is 3.78. The second kappa shape index (κ2) is 6.56. The van der Waals surface area contributed by atoms with Crippen molar-refractivity contribution in [2.24, 2.45) is 5.92 Å². The summed E-state index contributed by atoms with van der Waals surface area (Å²) in [5.41, 5.74) is 4.33. The molecule has 0 spiro atoms.